The van der Waals surface area contributed by atoms with E-state index < -0.39 is 0 Å². The molecule has 192 valence electrons. The van der Waals surface area contributed by atoms with Crippen LogP contribution in [0.4, 0.5) is 11.5 Å². The van der Waals surface area contributed by atoms with Gasteiger partial charge in [-0.3, -0.25) is 9.89 Å². The van der Waals surface area contributed by atoms with Crippen molar-refractivity contribution in [2.24, 2.45) is 0 Å². The molecular weight excluding hydrogens is 464 g/mol. The highest BCUT2D eigenvalue weighted by molar-refractivity contribution is 6.04. The van der Waals surface area contributed by atoms with Gasteiger partial charge in [0, 0.05) is 29.4 Å². The number of aromatic amines is 1. The Morgan fingerprint density at radius 2 is 1.76 bits per heavy atom. The van der Waals surface area contributed by atoms with Crippen molar-refractivity contribution >= 4 is 28.4 Å². The first-order valence-corrected chi connectivity index (χ1v) is 13.2. The second-order valence-corrected chi connectivity index (χ2v) is 10.2. The van der Waals surface area contributed by atoms with E-state index in [-0.39, 0.29) is 5.91 Å². The summed E-state index contributed by atoms with van der Waals surface area (Å²) in [6.45, 7) is 4.20. The molecule has 4 N–H and O–H groups in total. The van der Waals surface area contributed by atoms with Crippen LogP contribution in [0.3, 0.4) is 0 Å². The topological polar surface area (TPSA) is 103 Å². The number of hydrogen-bond donors (Lipinski definition) is 4. The molecule has 2 aliphatic heterocycles. The predicted molar refractivity (Wildman–Crippen MR) is 147 cm³/mol. The van der Waals surface area contributed by atoms with Crippen LogP contribution in [-0.2, 0) is 0 Å². The van der Waals surface area contributed by atoms with Crippen molar-refractivity contribution in [1.82, 2.24) is 30.0 Å². The lowest BCUT2D eigenvalue weighted by molar-refractivity contribution is 0.102. The van der Waals surface area contributed by atoms with Crippen LogP contribution in [0.25, 0.3) is 22.6 Å². The van der Waals surface area contributed by atoms with Crippen molar-refractivity contribution < 1.29 is 4.79 Å². The predicted octanol–water partition coefficient (Wildman–Crippen LogP) is 4.11. The summed E-state index contributed by atoms with van der Waals surface area (Å²) in [4.78, 5) is 20.2. The molecule has 9 heteroatoms. The van der Waals surface area contributed by atoms with E-state index in [4.69, 9.17) is 4.98 Å². The number of amides is 1. The maximum Gasteiger partial charge on any atom is 0.256 e. The number of nitrogens with one attached hydrogen (secondary N) is 4. The number of carbonyl (C=O) groups excluding carboxylic acids is 1. The van der Waals surface area contributed by atoms with E-state index >= 15 is 0 Å². The summed E-state index contributed by atoms with van der Waals surface area (Å²) >= 11 is 0. The molecule has 2 aliphatic rings. The number of nitrogens with zero attached hydrogens (tertiary/aromatic N) is 4. The molecule has 0 bridgehead atoms. The smallest absolute Gasteiger partial charge is 0.256 e. The summed E-state index contributed by atoms with van der Waals surface area (Å²) < 4.78 is 2.32. The monoisotopic (exact) mass is 498 g/mol. The first-order chi connectivity index (χ1) is 18.1. The molecule has 6 rings (SSSR count). The average Bonchev–Trinajstić information content (AvgIpc) is 3.55. The van der Waals surface area contributed by atoms with Gasteiger partial charge in [-0.05, 0) is 95.3 Å². The fourth-order valence-corrected chi connectivity index (χ4v) is 5.46. The summed E-state index contributed by atoms with van der Waals surface area (Å²) in [6, 6.07) is 18.6. The Labute approximate surface area is 216 Å². The molecule has 2 aromatic carbocycles. The van der Waals surface area contributed by atoms with Gasteiger partial charge in [0.2, 0.25) is 0 Å². The van der Waals surface area contributed by atoms with Crippen molar-refractivity contribution in [2.45, 2.75) is 37.8 Å². The minimum Gasteiger partial charge on any atom is -0.382 e. The van der Waals surface area contributed by atoms with Gasteiger partial charge in [0.15, 0.2) is 11.6 Å². The normalized spacial score (nSPS) is 17.8. The summed E-state index contributed by atoms with van der Waals surface area (Å²) in [7, 11) is 2.16. The molecule has 2 aromatic heterocycles. The van der Waals surface area contributed by atoms with Crippen molar-refractivity contribution in [2.75, 3.05) is 43.9 Å². The van der Waals surface area contributed by atoms with Gasteiger partial charge in [-0.2, -0.15) is 5.10 Å². The summed E-state index contributed by atoms with van der Waals surface area (Å²) in [5, 5.41) is 17.4. The molecule has 9 nitrogen and oxygen atoms in total. The Morgan fingerprint density at radius 1 is 1.00 bits per heavy atom. The number of likely N-dealkylation sites (tertiary alicyclic amines) is 1. The summed E-state index contributed by atoms with van der Waals surface area (Å²) in [5.74, 6) is 1.15. The minimum atomic E-state index is -0.184. The Kier molecular flexibility index (Phi) is 6.63. The standard InChI is InChI=1S/C28H34N8O/c1-35-16-12-21(13-17-35)30-20-8-6-19(7-9-20)28(37)32-26-18-24(33-34-26)27-31-23-4-2-3-5-25(23)36(27)22-10-14-29-15-11-22/h2-9,18,21-22,29-30H,10-17H2,1H3,(H2,32,33,34,37). The summed E-state index contributed by atoms with van der Waals surface area (Å²) in [6.07, 6.45) is 4.36. The third kappa shape index (κ3) is 5.10. The molecule has 0 spiro atoms. The lowest BCUT2D eigenvalue weighted by Gasteiger charge is -2.30. The zero-order valence-corrected chi connectivity index (χ0v) is 21.2. The number of hydrogen-bond acceptors (Lipinski definition) is 6. The molecule has 2 fully saturated rings. The molecule has 0 atom stereocenters. The van der Waals surface area contributed by atoms with Gasteiger partial charge in [0.05, 0.1) is 11.0 Å². The van der Waals surface area contributed by atoms with Crippen molar-refractivity contribution in [1.29, 1.82) is 0 Å². The van der Waals surface area contributed by atoms with Crippen LogP contribution < -0.4 is 16.0 Å². The van der Waals surface area contributed by atoms with Gasteiger partial charge < -0.3 is 25.4 Å². The maximum absolute atomic E-state index is 12.9. The number of fused-ring (bicyclic) bond motifs is 1. The Morgan fingerprint density at radius 3 is 2.54 bits per heavy atom. The highest BCUT2D eigenvalue weighted by Gasteiger charge is 2.23. The Hall–Kier alpha value is -3.69. The van der Waals surface area contributed by atoms with E-state index in [0.717, 1.165) is 80.1 Å². The van der Waals surface area contributed by atoms with Gasteiger partial charge in [0.1, 0.15) is 5.69 Å². The second-order valence-electron chi connectivity index (χ2n) is 10.2. The lowest BCUT2D eigenvalue weighted by Crippen LogP contribution is -2.36. The highest BCUT2D eigenvalue weighted by Crippen LogP contribution is 2.32. The Bertz CT molecular complexity index is 1360. The molecule has 4 aromatic rings. The first kappa shape index (κ1) is 23.7. The van der Waals surface area contributed by atoms with Crippen molar-refractivity contribution in [3.63, 3.8) is 0 Å². The molecule has 0 aliphatic carbocycles. The van der Waals surface area contributed by atoms with Crippen LogP contribution >= 0.6 is 0 Å². The van der Waals surface area contributed by atoms with Gasteiger partial charge >= 0.3 is 0 Å². The van der Waals surface area contributed by atoms with Crippen LogP contribution in [0.2, 0.25) is 0 Å². The number of benzene rings is 2. The van der Waals surface area contributed by atoms with E-state index in [1.807, 2.05) is 42.5 Å². The van der Waals surface area contributed by atoms with E-state index in [0.29, 0.717) is 23.5 Å². The van der Waals surface area contributed by atoms with Crippen LogP contribution in [0, 0.1) is 0 Å². The van der Waals surface area contributed by atoms with Gasteiger partial charge in [-0.15, -0.1) is 0 Å². The fourth-order valence-electron chi connectivity index (χ4n) is 5.46. The minimum absolute atomic E-state index is 0.184. The molecule has 0 radical (unpaired) electrons. The lowest BCUT2D eigenvalue weighted by atomic mass is 10.0. The average molecular weight is 499 g/mol. The van der Waals surface area contributed by atoms with E-state index in [1.165, 1.54) is 0 Å². The van der Waals surface area contributed by atoms with Gasteiger partial charge in [0.25, 0.3) is 5.91 Å². The quantitative estimate of drug-likeness (QED) is 0.319. The SMILES string of the molecule is CN1CCC(Nc2ccc(C(=O)Nc3cc(-c4nc5ccccc5n4C4CCNCC4)[nH]n3)cc2)CC1. The fraction of sp³-hybridized carbons (Fsp3) is 0.393. The number of imidazole rings is 1. The highest BCUT2D eigenvalue weighted by atomic mass is 16.1. The third-order valence-corrected chi connectivity index (χ3v) is 7.57. The van der Waals surface area contributed by atoms with Crippen LogP contribution in [0.15, 0.2) is 54.6 Å². The second kappa shape index (κ2) is 10.4. The van der Waals surface area contributed by atoms with E-state index in [9.17, 15) is 4.79 Å². The zero-order valence-electron chi connectivity index (χ0n) is 21.2. The van der Waals surface area contributed by atoms with Gasteiger partial charge in [-0.1, -0.05) is 12.1 Å². The Balaban J connectivity index is 1.16. The van der Waals surface area contributed by atoms with E-state index in [2.05, 4.69) is 54.8 Å². The molecule has 0 saturated carbocycles. The zero-order chi connectivity index (χ0) is 25.2. The number of para-hydroxylation sites is 2. The van der Waals surface area contributed by atoms with Crippen LogP contribution in [0.5, 0.6) is 0 Å². The summed E-state index contributed by atoms with van der Waals surface area (Å²) in [5.41, 5.74) is 4.52. The molecular formula is C28H34N8O. The number of aromatic nitrogens is 4. The molecule has 0 unspecified atom stereocenters. The van der Waals surface area contributed by atoms with Gasteiger partial charge in [-0.25, -0.2) is 4.98 Å². The van der Waals surface area contributed by atoms with Crippen molar-refractivity contribution in [3.05, 3.63) is 60.2 Å². The maximum atomic E-state index is 12.9. The number of H-pyrrole nitrogens is 1. The molecule has 1 amide bonds. The molecule has 2 saturated heterocycles. The number of carbonyl (C=O) groups is 1. The van der Waals surface area contributed by atoms with E-state index in [1.54, 1.807) is 0 Å². The first-order valence-electron chi connectivity index (χ1n) is 13.2. The van der Waals surface area contributed by atoms with Crippen LogP contribution in [-0.4, -0.2) is 69.8 Å². The molecule has 4 heterocycles. The van der Waals surface area contributed by atoms with Crippen LogP contribution in [0.1, 0.15) is 42.1 Å². The van der Waals surface area contributed by atoms with Crippen molar-refractivity contribution in [3.8, 4) is 11.5 Å². The number of anilines is 2. The third-order valence-electron chi connectivity index (χ3n) is 7.57. The largest absolute Gasteiger partial charge is 0.382 e. The number of piperidine rings is 2. The molecule has 37 heavy (non-hydrogen) atoms. The number of rotatable bonds is 6.